The van der Waals surface area contributed by atoms with E-state index in [1.807, 2.05) is 10.0 Å². The van der Waals surface area contributed by atoms with E-state index in [4.69, 9.17) is 10.5 Å². The molecule has 0 aliphatic rings. The van der Waals surface area contributed by atoms with Gasteiger partial charge in [0.05, 0.1) is 17.0 Å². The number of hydrogen-bond acceptors (Lipinski definition) is 9. The molecule has 0 unspecified atom stereocenters. The van der Waals surface area contributed by atoms with Crippen LogP contribution < -0.4 is 25.8 Å². The Morgan fingerprint density at radius 2 is 1.63 bits per heavy atom. The summed E-state index contributed by atoms with van der Waals surface area (Å²) in [5.41, 5.74) is 5.23. The number of pyridine rings is 1. The highest BCUT2D eigenvalue weighted by atomic mass is 32.2. The first kappa shape index (κ1) is 27.4. The predicted molar refractivity (Wildman–Crippen MR) is 125 cm³/mol. The first-order valence-corrected chi connectivity index (χ1v) is 12.3. The van der Waals surface area contributed by atoms with E-state index in [0.717, 1.165) is 37.9 Å². The van der Waals surface area contributed by atoms with E-state index < -0.39 is 34.5 Å². The summed E-state index contributed by atoms with van der Waals surface area (Å²) in [5.74, 6) is -2.28. The second-order valence-electron chi connectivity index (χ2n) is 7.30. The molecule has 0 bridgehead atoms. The number of ether oxygens (including phenoxy) is 1. The van der Waals surface area contributed by atoms with E-state index in [1.54, 1.807) is 0 Å². The number of nitrogens with two attached hydrogens (primary N) is 1. The van der Waals surface area contributed by atoms with Gasteiger partial charge in [-0.15, -0.1) is 0 Å². The Morgan fingerprint density at radius 1 is 0.943 bits per heavy atom. The topological polar surface area (TPSA) is 187 Å². The lowest BCUT2D eigenvalue weighted by Crippen LogP contribution is -2.37. The summed E-state index contributed by atoms with van der Waals surface area (Å²) in [6, 6.07) is 7.47. The molecule has 0 saturated heterocycles. The van der Waals surface area contributed by atoms with E-state index in [1.165, 1.54) is 30.3 Å². The number of nitrogens with zero attached hydrogens (tertiary/aromatic N) is 1. The number of carbonyl (C=O) groups excluding carboxylic acids is 4. The number of carbonyl (C=O) groups is 4. The van der Waals surface area contributed by atoms with Gasteiger partial charge in [0.15, 0.2) is 0 Å². The van der Waals surface area contributed by atoms with Crippen LogP contribution >= 0.6 is 0 Å². The first-order chi connectivity index (χ1) is 16.7. The second-order valence-corrected chi connectivity index (χ2v) is 8.98. The molecule has 2 aromatic rings. The molecule has 4 amide bonds. The molecule has 1 heterocycles. The largest absolute Gasteiger partial charge is 0.420 e. The van der Waals surface area contributed by atoms with Crippen LogP contribution in [0.4, 0.5) is 4.79 Å². The molecule has 1 aromatic carbocycles. The maximum absolute atomic E-state index is 12.5. The molecule has 2 rings (SSSR count). The second kappa shape index (κ2) is 13.2. The normalized spacial score (nSPS) is 10.8. The Morgan fingerprint density at radius 3 is 2.23 bits per heavy atom. The number of imide groups is 1. The Kier molecular flexibility index (Phi) is 10.3. The number of sulfonamides is 1. The van der Waals surface area contributed by atoms with Crippen LogP contribution in [0.2, 0.25) is 0 Å². The van der Waals surface area contributed by atoms with Gasteiger partial charge in [0.25, 0.3) is 21.8 Å². The summed E-state index contributed by atoms with van der Waals surface area (Å²) in [5, 5.41) is 4.62. The Hall–Kier alpha value is -3.84. The number of aromatic nitrogens is 1. The van der Waals surface area contributed by atoms with Crippen LogP contribution in [0.1, 0.15) is 53.3 Å². The van der Waals surface area contributed by atoms with Gasteiger partial charge >= 0.3 is 6.09 Å². The van der Waals surface area contributed by atoms with E-state index in [-0.39, 0.29) is 22.2 Å². The van der Waals surface area contributed by atoms with Gasteiger partial charge in [-0.3, -0.25) is 19.7 Å². The Balaban J connectivity index is 1.95. The summed E-state index contributed by atoms with van der Waals surface area (Å²) < 4.78 is 31.7. The highest BCUT2D eigenvalue weighted by molar-refractivity contribution is 7.90. The van der Waals surface area contributed by atoms with E-state index in [9.17, 15) is 27.6 Å². The molecule has 12 nitrogen and oxygen atoms in total. The van der Waals surface area contributed by atoms with Crippen molar-refractivity contribution in [1.82, 2.24) is 20.3 Å². The van der Waals surface area contributed by atoms with Crippen LogP contribution in [0.25, 0.3) is 0 Å². The van der Waals surface area contributed by atoms with E-state index >= 15 is 0 Å². The van der Waals surface area contributed by atoms with Gasteiger partial charge < -0.3 is 15.8 Å². The van der Waals surface area contributed by atoms with Crippen LogP contribution in [-0.2, 0) is 14.8 Å². The molecule has 0 radical (unpaired) electrons. The molecule has 35 heavy (non-hydrogen) atoms. The SMILES string of the molecule is CCCCCCNC(=O)c1ccc(S(=O)(=O)NC(=O)c2ccc(OC(=O)NC(=O)CN)nc2)cc1. The number of benzene rings is 1. The van der Waals surface area contributed by atoms with Crippen LogP contribution in [0.15, 0.2) is 47.5 Å². The smallest absolute Gasteiger partial charge is 0.391 e. The molecule has 0 atom stereocenters. The number of rotatable bonds is 11. The molecule has 13 heteroatoms. The molecule has 1 aromatic heterocycles. The molecule has 0 fully saturated rings. The lowest BCUT2D eigenvalue weighted by molar-refractivity contribution is -0.118. The summed E-state index contributed by atoms with van der Waals surface area (Å²) in [6.07, 6.45) is 3.95. The average Bonchev–Trinajstić information content (AvgIpc) is 2.83. The number of amides is 4. The molecular formula is C22H27N5O7S. The third-order valence-corrected chi connectivity index (χ3v) is 5.94. The lowest BCUT2D eigenvalue weighted by atomic mass is 10.2. The Labute approximate surface area is 202 Å². The highest BCUT2D eigenvalue weighted by Crippen LogP contribution is 2.13. The van der Waals surface area contributed by atoms with Gasteiger partial charge in [0.1, 0.15) is 0 Å². The standard InChI is InChI=1S/C22H27N5O7S/c1-2-3-4-5-12-24-20(29)15-6-9-17(10-7-15)35(32,33)27-21(30)16-8-11-19(25-14-16)34-22(31)26-18(28)13-23/h6-11,14H,2-5,12-13,23H2,1H3,(H,24,29)(H,27,30)(H,26,28,31). The third kappa shape index (κ3) is 8.79. The lowest BCUT2D eigenvalue weighted by Gasteiger charge is -2.09. The predicted octanol–water partition coefficient (Wildman–Crippen LogP) is 1.08. The van der Waals surface area contributed by atoms with Gasteiger partial charge in [-0.05, 0) is 36.8 Å². The van der Waals surface area contributed by atoms with Crippen molar-refractivity contribution in [2.24, 2.45) is 5.73 Å². The fourth-order valence-electron chi connectivity index (χ4n) is 2.74. The minimum absolute atomic E-state index is 0.126. The molecular weight excluding hydrogens is 478 g/mol. The fraction of sp³-hybridized carbons (Fsp3) is 0.318. The van der Waals surface area contributed by atoms with Crippen LogP contribution in [0.5, 0.6) is 5.88 Å². The van der Waals surface area contributed by atoms with Gasteiger partial charge in [-0.25, -0.2) is 22.9 Å². The Bertz CT molecular complexity index is 1150. The van der Waals surface area contributed by atoms with Crippen molar-refractivity contribution in [1.29, 1.82) is 0 Å². The summed E-state index contributed by atoms with van der Waals surface area (Å²) in [7, 11) is -4.23. The monoisotopic (exact) mass is 505 g/mol. The minimum Gasteiger partial charge on any atom is -0.391 e. The molecule has 5 N–H and O–H groups in total. The van der Waals surface area contributed by atoms with Crippen molar-refractivity contribution in [3.05, 3.63) is 53.7 Å². The number of nitrogens with one attached hydrogen (secondary N) is 3. The zero-order chi connectivity index (χ0) is 25.8. The van der Waals surface area contributed by atoms with E-state index in [2.05, 4.69) is 17.2 Å². The minimum atomic E-state index is -4.23. The molecule has 0 spiro atoms. The van der Waals surface area contributed by atoms with Crippen LogP contribution in [-0.4, -0.2) is 50.3 Å². The zero-order valence-electron chi connectivity index (χ0n) is 19.1. The van der Waals surface area contributed by atoms with Crippen LogP contribution in [0.3, 0.4) is 0 Å². The number of unbranched alkanes of at least 4 members (excludes halogenated alkanes) is 3. The number of hydrogen-bond donors (Lipinski definition) is 4. The van der Waals surface area contributed by atoms with Crippen molar-refractivity contribution >= 4 is 33.8 Å². The summed E-state index contributed by atoms with van der Waals surface area (Å²) >= 11 is 0. The third-order valence-electron chi connectivity index (χ3n) is 4.59. The van der Waals surface area contributed by atoms with E-state index in [0.29, 0.717) is 12.1 Å². The van der Waals surface area contributed by atoms with Crippen molar-refractivity contribution in [3.63, 3.8) is 0 Å². The van der Waals surface area contributed by atoms with Crippen molar-refractivity contribution in [3.8, 4) is 5.88 Å². The maximum Gasteiger partial charge on any atom is 0.420 e. The van der Waals surface area contributed by atoms with Gasteiger partial charge in [-0.1, -0.05) is 26.2 Å². The van der Waals surface area contributed by atoms with Crippen molar-refractivity contribution in [2.75, 3.05) is 13.1 Å². The summed E-state index contributed by atoms with van der Waals surface area (Å²) in [4.78, 5) is 50.5. The zero-order valence-corrected chi connectivity index (χ0v) is 19.9. The molecule has 0 aliphatic carbocycles. The van der Waals surface area contributed by atoms with Gasteiger partial charge in [0.2, 0.25) is 11.8 Å². The molecule has 188 valence electrons. The van der Waals surface area contributed by atoms with Crippen molar-refractivity contribution < 1.29 is 32.3 Å². The first-order valence-electron chi connectivity index (χ1n) is 10.8. The summed E-state index contributed by atoms with van der Waals surface area (Å²) in [6.45, 7) is 2.21. The fourth-order valence-corrected chi connectivity index (χ4v) is 3.72. The maximum atomic E-state index is 12.5. The van der Waals surface area contributed by atoms with Crippen molar-refractivity contribution in [2.45, 2.75) is 37.5 Å². The molecule has 0 saturated carbocycles. The quantitative estimate of drug-likeness (QED) is 0.324. The van der Waals surface area contributed by atoms with Gasteiger partial charge in [-0.2, -0.15) is 0 Å². The average molecular weight is 506 g/mol. The molecule has 0 aliphatic heterocycles. The van der Waals surface area contributed by atoms with Crippen LogP contribution in [0, 0.1) is 0 Å². The van der Waals surface area contributed by atoms with Gasteiger partial charge in [0, 0.05) is 24.4 Å². The highest BCUT2D eigenvalue weighted by Gasteiger charge is 2.20.